The van der Waals surface area contributed by atoms with E-state index in [1.165, 1.54) is 0 Å². The van der Waals surface area contributed by atoms with Crippen molar-refractivity contribution in [3.05, 3.63) is 48.3 Å². The average Bonchev–Trinajstić information content (AvgIpc) is 2.94. The first kappa shape index (κ1) is 16.1. The number of nitrogens with zero attached hydrogens (tertiary/aromatic N) is 2. The normalized spacial score (nSPS) is 22.5. The Balaban J connectivity index is 1.61. The van der Waals surface area contributed by atoms with Crippen LogP contribution in [0.5, 0.6) is 5.75 Å². The van der Waals surface area contributed by atoms with E-state index >= 15 is 0 Å². The number of methoxy groups -OCH3 is 1. The Hall–Kier alpha value is -2.40. The molecule has 25 heavy (non-hydrogen) atoms. The second-order valence-corrected chi connectivity index (χ2v) is 6.78. The molecule has 5 heteroatoms. The van der Waals surface area contributed by atoms with E-state index < -0.39 is 0 Å². The van der Waals surface area contributed by atoms with Crippen molar-refractivity contribution in [1.29, 1.82) is 0 Å². The number of fused-ring (bicyclic) bond motifs is 2. The van der Waals surface area contributed by atoms with E-state index in [9.17, 15) is 4.79 Å². The van der Waals surface area contributed by atoms with Crippen LogP contribution in [0.1, 0.15) is 29.6 Å². The summed E-state index contributed by atoms with van der Waals surface area (Å²) in [6, 6.07) is 10.4. The van der Waals surface area contributed by atoms with Crippen LogP contribution >= 0.6 is 0 Å². The van der Waals surface area contributed by atoms with E-state index in [4.69, 9.17) is 4.74 Å². The van der Waals surface area contributed by atoms with Crippen LogP contribution in [0.2, 0.25) is 0 Å². The zero-order valence-corrected chi connectivity index (χ0v) is 14.4. The lowest BCUT2D eigenvalue weighted by Crippen LogP contribution is -2.42. The molecule has 0 radical (unpaired) electrons. The highest BCUT2D eigenvalue weighted by molar-refractivity contribution is 5.95. The van der Waals surface area contributed by atoms with Crippen molar-refractivity contribution in [2.75, 3.05) is 20.2 Å². The number of benzene rings is 1. The Kier molecular flexibility index (Phi) is 4.40. The van der Waals surface area contributed by atoms with Gasteiger partial charge in [0.1, 0.15) is 5.75 Å². The van der Waals surface area contributed by atoms with E-state index in [0.717, 1.165) is 49.2 Å². The molecule has 2 aromatic rings. The summed E-state index contributed by atoms with van der Waals surface area (Å²) in [6.07, 6.45) is 6.73. The van der Waals surface area contributed by atoms with E-state index in [2.05, 4.69) is 15.2 Å². The third-order valence-electron chi connectivity index (χ3n) is 5.30. The number of nitrogens with one attached hydrogen (secondary N) is 1. The summed E-state index contributed by atoms with van der Waals surface area (Å²) in [4.78, 5) is 19.5. The Morgan fingerprint density at radius 2 is 1.92 bits per heavy atom. The molecule has 1 N–H and O–H groups in total. The number of aromatic nitrogens is 1. The van der Waals surface area contributed by atoms with Gasteiger partial charge < -0.3 is 15.0 Å². The fourth-order valence-corrected chi connectivity index (χ4v) is 3.96. The van der Waals surface area contributed by atoms with Crippen LogP contribution in [-0.2, 0) is 0 Å². The van der Waals surface area contributed by atoms with Crippen molar-refractivity contribution < 1.29 is 9.53 Å². The van der Waals surface area contributed by atoms with Crippen LogP contribution in [0.3, 0.4) is 0 Å². The van der Waals surface area contributed by atoms with Crippen molar-refractivity contribution in [2.45, 2.75) is 31.3 Å². The minimum Gasteiger partial charge on any atom is -0.497 e. The van der Waals surface area contributed by atoms with Gasteiger partial charge in [0.15, 0.2) is 0 Å². The molecule has 2 bridgehead atoms. The van der Waals surface area contributed by atoms with Gasteiger partial charge in [-0.05, 0) is 49.6 Å². The standard InChI is InChI=1S/C20H23N3O2/c1-25-19-6-2-14(3-7-19)15-10-16(12-22-11-15)20(24)23-17-4-5-18(23)13-21-9-8-17/h2-3,6-7,10-12,17-18,21H,4-5,8-9,13H2,1H3. The molecule has 3 heterocycles. The van der Waals surface area contributed by atoms with Gasteiger partial charge in [-0.3, -0.25) is 9.78 Å². The predicted octanol–water partition coefficient (Wildman–Crippen LogP) is 2.72. The smallest absolute Gasteiger partial charge is 0.255 e. The van der Waals surface area contributed by atoms with Gasteiger partial charge in [0.05, 0.1) is 12.7 Å². The van der Waals surface area contributed by atoms with Crippen LogP contribution in [-0.4, -0.2) is 48.1 Å². The summed E-state index contributed by atoms with van der Waals surface area (Å²) in [5.41, 5.74) is 2.66. The highest BCUT2D eigenvalue weighted by Gasteiger charge is 2.38. The minimum atomic E-state index is 0.110. The van der Waals surface area contributed by atoms with Crippen molar-refractivity contribution in [3.8, 4) is 16.9 Å². The van der Waals surface area contributed by atoms with Crippen molar-refractivity contribution in [2.24, 2.45) is 0 Å². The van der Waals surface area contributed by atoms with Gasteiger partial charge in [-0.15, -0.1) is 0 Å². The van der Waals surface area contributed by atoms with Crippen molar-refractivity contribution in [3.63, 3.8) is 0 Å². The number of amides is 1. The zero-order valence-electron chi connectivity index (χ0n) is 14.4. The SMILES string of the molecule is COc1ccc(-c2cncc(C(=O)N3C4CCNCC3CC4)c2)cc1. The van der Waals surface area contributed by atoms with E-state index in [1.54, 1.807) is 19.5 Å². The fraction of sp³-hybridized carbons (Fsp3) is 0.400. The minimum absolute atomic E-state index is 0.110. The van der Waals surface area contributed by atoms with E-state index in [-0.39, 0.29) is 5.91 Å². The zero-order chi connectivity index (χ0) is 17.2. The molecule has 2 saturated heterocycles. The van der Waals surface area contributed by atoms with E-state index in [0.29, 0.717) is 17.6 Å². The van der Waals surface area contributed by atoms with Gasteiger partial charge in [-0.25, -0.2) is 0 Å². The summed E-state index contributed by atoms with van der Waals surface area (Å²) in [5, 5.41) is 3.44. The highest BCUT2D eigenvalue weighted by atomic mass is 16.5. The average molecular weight is 337 g/mol. The van der Waals surface area contributed by atoms with Gasteiger partial charge in [0, 0.05) is 36.6 Å². The molecule has 2 fully saturated rings. The Morgan fingerprint density at radius 3 is 2.72 bits per heavy atom. The molecular weight excluding hydrogens is 314 g/mol. The van der Waals surface area contributed by atoms with Crippen LogP contribution in [0.25, 0.3) is 11.1 Å². The van der Waals surface area contributed by atoms with Crippen molar-refractivity contribution >= 4 is 5.91 Å². The molecule has 2 aliphatic rings. The quantitative estimate of drug-likeness (QED) is 0.936. The molecule has 2 atom stereocenters. The maximum atomic E-state index is 13.1. The van der Waals surface area contributed by atoms with Crippen LogP contribution < -0.4 is 10.1 Å². The molecule has 0 saturated carbocycles. The first-order valence-corrected chi connectivity index (χ1v) is 8.89. The Morgan fingerprint density at radius 1 is 1.12 bits per heavy atom. The molecule has 2 unspecified atom stereocenters. The number of carbonyl (C=O) groups excluding carboxylic acids is 1. The molecule has 1 aromatic carbocycles. The maximum absolute atomic E-state index is 13.1. The molecule has 130 valence electrons. The number of carbonyl (C=O) groups is 1. The topological polar surface area (TPSA) is 54.5 Å². The molecular formula is C20H23N3O2. The molecule has 1 aromatic heterocycles. The fourth-order valence-electron chi connectivity index (χ4n) is 3.96. The second kappa shape index (κ2) is 6.84. The van der Waals surface area contributed by atoms with Gasteiger partial charge >= 0.3 is 0 Å². The summed E-state index contributed by atoms with van der Waals surface area (Å²) >= 11 is 0. The van der Waals surface area contributed by atoms with Crippen LogP contribution in [0, 0.1) is 0 Å². The summed E-state index contributed by atoms with van der Waals surface area (Å²) < 4.78 is 5.21. The molecule has 0 aliphatic carbocycles. The van der Waals surface area contributed by atoms with Gasteiger partial charge in [-0.2, -0.15) is 0 Å². The van der Waals surface area contributed by atoms with E-state index in [1.807, 2.05) is 30.3 Å². The lowest BCUT2D eigenvalue weighted by molar-refractivity contribution is 0.0680. The Labute approximate surface area is 148 Å². The molecule has 2 aliphatic heterocycles. The van der Waals surface area contributed by atoms with Crippen molar-refractivity contribution in [1.82, 2.24) is 15.2 Å². The van der Waals surface area contributed by atoms with Gasteiger partial charge in [0.25, 0.3) is 5.91 Å². The lowest BCUT2D eigenvalue weighted by Gasteiger charge is -2.28. The van der Waals surface area contributed by atoms with Gasteiger partial charge in [0.2, 0.25) is 0 Å². The monoisotopic (exact) mass is 337 g/mol. The Bertz CT molecular complexity index is 746. The maximum Gasteiger partial charge on any atom is 0.255 e. The number of hydrogen-bond donors (Lipinski definition) is 1. The number of pyridine rings is 1. The van der Waals surface area contributed by atoms with Crippen LogP contribution in [0.4, 0.5) is 0 Å². The lowest BCUT2D eigenvalue weighted by atomic mass is 10.0. The van der Waals surface area contributed by atoms with Gasteiger partial charge in [-0.1, -0.05) is 12.1 Å². The number of rotatable bonds is 3. The summed E-state index contributed by atoms with van der Waals surface area (Å²) in [7, 11) is 1.65. The largest absolute Gasteiger partial charge is 0.497 e. The number of hydrogen-bond acceptors (Lipinski definition) is 4. The summed E-state index contributed by atoms with van der Waals surface area (Å²) in [6.45, 7) is 1.89. The summed E-state index contributed by atoms with van der Waals surface area (Å²) in [5.74, 6) is 0.927. The van der Waals surface area contributed by atoms with Crippen LogP contribution in [0.15, 0.2) is 42.7 Å². The highest BCUT2D eigenvalue weighted by Crippen LogP contribution is 2.30. The first-order valence-electron chi connectivity index (χ1n) is 8.89. The number of ether oxygens (including phenoxy) is 1. The third-order valence-corrected chi connectivity index (χ3v) is 5.30. The molecule has 5 nitrogen and oxygen atoms in total. The molecule has 0 spiro atoms. The molecule has 4 rings (SSSR count). The third kappa shape index (κ3) is 3.12. The molecule has 1 amide bonds. The predicted molar refractivity (Wildman–Crippen MR) is 96.7 cm³/mol. The second-order valence-electron chi connectivity index (χ2n) is 6.78. The first-order chi connectivity index (χ1) is 12.3.